The number of nitrogens with one attached hydrogen (secondary N) is 1. The van der Waals surface area contributed by atoms with Crippen molar-refractivity contribution in [3.05, 3.63) is 60.2 Å². The van der Waals surface area contributed by atoms with Gasteiger partial charge in [0, 0.05) is 17.0 Å². The molecule has 20 heavy (non-hydrogen) atoms. The molecule has 0 aliphatic rings. The van der Waals surface area contributed by atoms with Gasteiger partial charge < -0.3 is 5.32 Å². The van der Waals surface area contributed by atoms with Crippen LogP contribution in [0.5, 0.6) is 0 Å². The van der Waals surface area contributed by atoms with Gasteiger partial charge in [0.1, 0.15) is 0 Å². The molecular formula is C17H19NOS. The van der Waals surface area contributed by atoms with Crippen LogP contribution in [0.15, 0.2) is 59.5 Å². The van der Waals surface area contributed by atoms with E-state index in [4.69, 9.17) is 0 Å². The van der Waals surface area contributed by atoms with E-state index in [0.717, 1.165) is 10.6 Å². The molecule has 0 saturated carbocycles. The minimum Gasteiger partial charge on any atom is -0.326 e. The fraction of sp³-hybridized carbons (Fsp3) is 0.235. The number of thioether (sulfide) groups is 1. The molecule has 0 radical (unpaired) electrons. The summed E-state index contributed by atoms with van der Waals surface area (Å²) in [4.78, 5) is 13.2. The lowest BCUT2D eigenvalue weighted by atomic mass is 9.97. The van der Waals surface area contributed by atoms with Crippen LogP contribution >= 0.6 is 11.8 Å². The summed E-state index contributed by atoms with van der Waals surface area (Å²) in [6.07, 6.45) is 2.52. The van der Waals surface area contributed by atoms with E-state index in [-0.39, 0.29) is 11.8 Å². The van der Waals surface area contributed by atoms with Crippen LogP contribution in [0.4, 0.5) is 5.69 Å². The molecule has 1 amide bonds. The van der Waals surface area contributed by atoms with E-state index in [2.05, 4.69) is 24.4 Å². The van der Waals surface area contributed by atoms with Gasteiger partial charge in [-0.3, -0.25) is 4.79 Å². The van der Waals surface area contributed by atoms with Gasteiger partial charge in [0.2, 0.25) is 5.91 Å². The molecule has 2 rings (SSSR count). The molecule has 2 aromatic carbocycles. The maximum absolute atomic E-state index is 12.1. The number of carbonyl (C=O) groups excluding carboxylic acids is 1. The third-order valence-corrected chi connectivity index (χ3v) is 3.94. The number of benzene rings is 2. The van der Waals surface area contributed by atoms with Gasteiger partial charge >= 0.3 is 0 Å². The van der Waals surface area contributed by atoms with E-state index < -0.39 is 0 Å². The zero-order chi connectivity index (χ0) is 14.4. The molecule has 0 saturated heterocycles. The summed E-state index contributed by atoms with van der Waals surface area (Å²) in [6, 6.07) is 18.0. The summed E-state index contributed by atoms with van der Waals surface area (Å²) in [5, 5.41) is 2.97. The first-order valence-corrected chi connectivity index (χ1v) is 7.90. The van der Waals surface area contributed by atoms with Gasteiger partial charge in [-0.2, -0.15) is 0 Å². The van der Waals surface area contributed by atoms with E-state index in [1.54, 1.807) is 11.8 Å². The first-order valence-electron chi connectivity index (χ1n) is 6.68. The smallest absolute Gasteiger partial charge is 0.224 e. The van der Waals surface area contributed by atoms with Crippen LogP contribution in [0.3, 0.4) is 0 Å². The highest BCUT2D eigenvalue weighted by Gasteiger charge is 2.11. The van der Waals surface area contributed by atoms with Gasteiger partial charge in [-0.25, -0.2) is 0 Å². The molecule has 2 aromatic rings. The quantitative estimate of drug-likeness (QED) is 0.817. The number of carbonyl (C=O) groups is 1. The lowest BCUT2D eigenvalue weighted by Gasteiger charge is -2.12. The Bertz CT molecular complexity index is 568. The highest BCUT2D eigenvalue weighted by molar-refractivity contribution is 7.98. The first-order chi connectivity index (χ1) is 9.69. The molecule has 0 aliphatic heterocycles. The molecule has 3 heteroatoms. The van der Waals surface area contributed by atoms with Gasteiger partial charge in [-0.1, -0.05) is 43.3 Å². The highest BCUT2D eigenvalue weighted by Crippen LogP contribution is 2.21. The Kier molecular flexibility index (Phi) is 5.24. The van der Waals surface area contributed by atoms with Gasteiger partial charge in [0.25, 0.3) is 0 Å². The Morgan fingerprint density at radius 1 is 1.15 bits per heavy atom. The van der Waals surface area contributed by atoms with Crippen molar-refractivity contribution in [3.8, 4) is 0 Å². The molecule has 104 valence electrons. The zero-order valence-corrected chi connectivity index (χ0v) is 12.6. The number of hydrogen-bond acceptors (Lipinski definition) is 2. The number of anilines is 1. The summed E-state index contributed by atoms with van der Waals surface area (Å²) >= 11 is 1.67. The minimum atomic E-state index is 0.0552. The summed E-state index contributed by atoms with van der Waals surface area (Å²) in [7, 11) is 0. The summed E-state index contributed by atoms with van der Waals surface area (Å²) in [5.41, 5.74) is 2.06. The van der Waals surface area contributed by atoms with E-state index in [1.807, 2.05) is 48.7 Å². The minimum absolute atomic E-state index is 0.0552. The molecule has 0 heterocycles. The Labute approximate surface area is 124 Å². The SMILES string of the molecule is CSc1cccc(NC(=O)C[C@H](C)c2ccccc2)c1. The van der Waals surface area contributed by atoms with Crippen LogP contribution < -0.4 is 5.32 Å². The van der Waals surface area contributed by atoms with Gasteiger partial charge in [-0.05, 0) is 35.9 Å². The molecular weight excluding hydrogens is 266 g/mol. The molecule has 0 aromatic heterocycles. The van der Waals surface area contributed by atoms with Crippen molar-refractivity contribution in [3.63, 3.8) is 0 Å². The zero-order valence-electron chi connectivity index (χ0n) is 11.8. The van der Waals surface area contributed by atoms with Crippen LogP contribution in [0.2, 0.25) is 0 Å². The second-order valence-corrected chi connectivity index (χ2v) is 5.68. The van der Waals surface area contributed by atoms with Crippen LogP contribution in [0, 0.1) is 0 Å². The predicted molar refractivity (Wildman–Crippen MR) is 86.3 cm³/mol. The van der Waals surface area contributed by atoms with Gasteiger partial charge in [0.05, 0.1) is 0 Å². The van der Waals surface area contributed by atoms with E-state index in [0.29, 0.717) is 6.42 Å². The lowest BCUT2D eigenvalue weighted by Crippen LogP contribution is -2.14. The van der Waals surface area contributed by atoms with Crippen LogP contribution in [-0.2, 0) is 4.79 Å². The predicted octanol–water partition coefficient (Wildman–Crippen LogP) is 4.54. The second kappa shape index (κ2) is 7.15. The van der Waals surface area contributed by atoms with Crippen molar-refractivity contribution in [1.82, 2.24) is 0 Å². The summed E-state index contributed by atoms with van der Waals surface area (Å²) in [6.45, 7) is 2.08. The maximum Gasteiger partial charge on any atom is 0.224 e. The monoisotopic (exact) mass is 285 g/mol. The number of rotatable bonds is 5. The average molecular weight is 285 g/mol. The summed E-state index contributed by atoms with van der Waals surface area (Å²) < 4.78 is 0. The normalized spacial score (nSPS) is 11.9. The molecule has 0 spiro atoms. The second-order valence-electron chi connectivity index (χ2n) is 4.80. The number of hydrogen-bond donors (Lipinski definition) is 1. The Hall–Kier alpha value is -1.74. The van der Waals surface area contributed by atoms with Crippen molar-refractivity contribution in [2.45, 2.75) is 24.2 Å². The van der Waals surface area contributed by atoms with E-state index in [1.165, 1.54) is 5.56 Å². The van der Waals surface area contributed by atoms with Crippen molar-refractivity contribution < 1.29 is 4.79 Å². The third kappa shape index (κ3) is 4.14. The Balaban J connectivity index is 1.95. The van der Waals surface area contributed by atoms with Crippen LogP contribution in [-0.4, -0.2) is 12.2 Å². The number of amides is 1. The fourth-order valence-electron chi connectivity index (χ4n) is 2.09. The molecule has 1 atom stereocenters. The molecule has 0 aliphatic carbocycles. The molecule has 0 unspecified atom stereocenters. The summed E-state index contributed by atoms with van der Waals surface area (Å²) in [5.74, 6) is 0.277. The van der Waals surface area contributed by atoms with Crippen molar-refractivity contribution in [2.24, 2.45) is 0 Å². The lowest BCUT2D eigenvalue weighted by molar-refractivity contribution is -0.116. The maximum atomic E-state index is 12.1. The van der Waals surface area contributed by atoms with E-state index >= 15 is 0 Å². The highest BCUT2D eigenvalue weighted by atomic mass is 32.2. The van der Waals surface area contributed by atoms with Gasteiger partial charge in [0.15, 0.2) is 0 Å². The third-order valence-electron chi connectivity index (χ3n) is 3.21. The van der Waals surface area contributed by atoms with Gasteiger partial charge in [-0.15, -0.1) is 11.8 Å². The Morgan fingerprint density at radius 2 is 1.90 bits per heavy atom. The Morgan fingerprint density at radius 3 is 2.60 bits per heavy atom. The largest absolute Gasteiger partial charge is 0.326 e. The average Bonchev–Trinajstić information content (AvgIpc) is 2.48. The fourth-order valence-corrected chi connectivity index (χ4v) is 2.55. The molecule has 0 fully saturated rings. The molecule has 2 nitrogen and oxygen atoms in total. The molecule has 1 N–H and O–H groups in total. The van der Waals surface area contributed by atoms with Crippen molar-refractivity contribution in [2.75, 3.05) is 11.6 Å². The van der Waals surface area contributed by atoms with Crippen molar-refractivity contribution in [1.29, 1.82) is 0 Å². The standard InChI is InChI=1S/C17H19NOS/c1-13(14-7-4-3-5-8-14)11-17(19)18-15-9-6-10-16(12-15)20-2/h3-10,12-13H,11H2,1-2H3,(H,18,19)/t13-/m0/s1. The topological polar surface area (TPSA) is 29.1 Å². The van der Waals surface area contributed by atoms with Crippen molar-refractivity contribution >= 4 is 23.4 Å². The van der Waals surface area contributed by atoms with Crippen LogP contribution in [0.1, 0.15) is 24.8 Å². The van der Waals surface area contributed by atoms with Crippen LogP contribution in [0.25, 0.3) is 0 Å². The molecule has 0 bridgehead atoms. The first kappa shape index (κ1) is 14.7. The van der Waals surface area contributed by atoms with E-state index in [9.17, 15) is 4.79 Å².